The first-order valence-electron chi connectivity index (χ1n) is 11.9. The molecule has 6 rings (SSSR count). The first-order valence-corrected chi connectivity index (χ1v) is 11.9. The first-order chi connectivity index (χ1) is 19.7. The highest BCUT2D eigenvalue weighted by molar-refractivity contribution is 5.91. The van der Waals surface area contributed by atoms with Crippen LogP contribution in [0.3, 0.4) is 0 Å². The minimum atomic E-state index is -5.08. The first kappa shape index (κ1) is 27.0. The number of carboxylic acid groups (broad SMARTS) is 1. The molecule has 1 unspecified atom stereocenters. The molecule has 0 bridgehead atoms. The molecule has 1 atom stereocenters. The zero-order valence-electron chi connectivity index (χ0n) is 20.9. The molecule has 2 aromatic heterocycles. The van der Waals surface area contributed by atoms with Crippen LogP contribution in [-0.4, -0.2) is 55.9 Å². The molecule has 2 aromatic carbocycles. The number of halogens is 3. The molecule has 0 aliphatic carbocycles. The van der Waals surface area contributed by atoms with Crippen LogP contribution in [0.25, 0.3) is 5.65 Å². The van der Waals surface area contributed by atoms with Gasteiger partial charge in [0.05, 0.1) is 12.2 Å². The van der Waals surface area contributed by atoms with E-state index in [0.717, 1.165) is 16.8 Å². The van der Waals surface area contributed by atoms with Gasteiger partial charge < -0.3 is 19.9 Å². The van der Waals surface area contributed by atoms with Gasteiger partial charge in [0.2, 0.25) is 6.79 Å². The highest BCUT2D eigenvalue weighted by atomic mass is 19.4. The number of anilines is 1. The van der Waals surface area contributed by atoms with Gasteiger partial charge in [0.25, 0.3) is 0 Å². The number of nitrogens with zero attached hydrogens (tertiary/aromatic N) is 5. The predicted molar refractivity (Wildman–Crippen MR) is 138 cm³/mol. The Morgan fingerprint density at radius 1 is 1.05 bits per heavy atom. The highest BCUT2D eigenvalue weighted by Gasteiger charge is 2.38. The summed E-state index contributed by atoms with van der Waals surface area (Å²) >= 11 is 0. The van der Waals surface area contributed by atoms with E-state index in [-0.39, 0.29) is 18.9 Å². The molecular weight excluding hydrogens is 545 g/mol. The van der Waals surface area contributed by atoms with Crippen molar-refractivity contribution in [1.29, 1.82) is 0 Å². The van der Waals surface area contributed by atoms with Crippen LogP contribution in [-0.2, 0) is 4.79 Å². The Labute approximate surface area is 229 Å². The van der Waals surface area contributed by atoms with Crippen molar-refractivity contribution < 1.29 is 37.3 Å². The number of nitrogens with one attached hydrogen (secondary N) is 1. The largest absolute Gasteiger partial charge is 0.490 e. The van der Waals surface area contributed by atoms with Crippen molar-refractivity contribution >= 4 is 29.5 Å². The lowest BCUT2D eigenvalue weighted by molar-refractivity contribution is -0.192. The number of alkyl halides is 3. The molecule has 4 heterocycles. The van der Waals surface area contributed by atoms with Gasteiger partial charge in [-0.25, -0.2) is 24.1 Å². The van der Waals surface area contributed by atoms with Gasteiger partial charge in [-0.3, -0.25) is 0 Å². The van der Waals surface area contributed by atoms with Crippen LogP contribution in [0.2, 0.25) is 0 Å². The lowest BCUT2D eigenvalue weighted by atomic mass is 10.0. The van der Waals surface area contributed by atoms with Crippen LogP contribution in [0, 0.1) is 11.8 Å². The maximum atomic E-state index is 13.0. The van der Waals surface area contributed by atoms with Crippen molar-refractivity contribution in [3.8, 4) is 23.3 Å². The number of carbonyl (C=O) groups is 2. The molecule has 0 saturated carbocycles. The van der Waals surface area contributed by atoms with Gasteiger partial charge >= 0.3 is 18.2 Å². The van der Waals surface area contributed by atoms with Crippen LogP contribution in [0.1, 0.15) is 29.3 Å². The molecule has 0 fully saturated rings. The average Bonchev–Trinajstić information content (AvgIpc) is 3.71. The summed E-state index contributed by atoms with van der Waals surface area (Å²) in [5.41, 5.74) is 3.72. The van der Waals surface area contributed by atoms with E-state index in [1.165, 1.54) is 5.01 Å². The standard InChI is InChI=1S/C25H18N6O3.C2HF3O2/c32-25(31-21(10-12-28-31)18-7-9-22-23(14-18)34-16-33-22)29-19-4-1-3-17(13-19)6-8-20-15-26-24-5-2-11-27-30(20)24;3-2(4,5)1(6)7/h1-5,7,9,11-15,21H,10,16H2,(H,29,32);(H,6,7). The minimum Gasteiger partial charge on any atom is -0.475 e. The second kappa shape index (κ2) is 11.3. The molecule has 2 amide bonds. The van der Waals surface area contributed by atoms with Crippen molar-refractivity contribution in [3.05, 3.63) is 83.8 Å². The summed E-state index contributed by atoms with van der Waals surface area (Å²) in [5.74, 6) is 4.82. The molecule has 11 nitrogen and oxygen atoms in total. The number of fused-ring (bicyclic) bond motifs is 2. The minimum absolute atomic E-state index is 0.206. The fraction of sp³-hybridized carbons (Fsp3) is 0.148. The second-order valence-electron chi connectivity index (χ2n) is 8.51. The Balaban J connectivity index is 0.000000431. The third-order valence-electron chi connectivity index (χ3n) is 5.79. The molecule has 2 aliphatic rings. The molecule has 0 radical (unpaired) electrons. The Hall–Kier alpha value is -5.58. The van der Waals surface area contributed by atoms with Gasteiger partial charge in [-0.1, -0.05) is 18.1 Å². The molecule has 14 heteroatoms. The van der Waals surface area contributed by atoms with E-state index in [9.17, 15) is 18.0 Å². The molecule has 0 saturated heterocycles. The van der Waals surface area contributed by atoms with Crippen LogP contribution >= 0.6 is 0 Å². The number of ether oxygens (including phenoxy) is 2. The third kappa shape index (κ3) is 6.19. The Bertz CT molecular complexity index is 1710. The van der Waals surface area contributed by atoms with Crippen LogP contribution in [0.5, 0.6) is 11.5 Å². The Kier molecular flexibility index (Phi) is 7.42. The lowest BCUT2D eigenvalue weighted by Gasteiger charge is -2.22. The number of hydrogen-bond donors (Lipinski definition) is 2. The number of hydrazone groups is 1. The second-order valence-corrected chi connectivity index (χ2v) is 8.51. The normalized spacial score (nSPS) is 15.1. The van der Waals surface area contributed by atoms with E-state index in [2.05, 4.69) is 32.3 Å². The average molecular weight is 564 g/mol. The van der Waals surface area contributed by atoms with E-state index in [0.29, 0.717) is 29.3 Å². The quantitative estimate of drug-likeness (QED) is 0.344. The number of urea groups is 1. The number of benzene rings is 2. The SMILES string of the molecule is O=C(Nc1cccc(C#Cc2cnc3cccnn23)c1)N1N=CCC1c1ccc2c(c1)OCO2.O=C(O)C(F)(F)F. The van der Waals surface area contributed by atoms with Gasteiger partial charge in [0.1, 0.15) is 5.69 Å². The summed E-state index contributed by atoms with van der Waals surface area (Å²) < 4.78 is 44.3. The topological polar surface area (TPSA) is 131 Å². The molecule has 41 heavy (non-hydrogen) atoms. The zero-order chi connectivity index (χ0) is 29.0. The molecular formula is C27H19F3N6O5. The van der Waals surface area contributed by atoms with Crippen molar-refractivity contribution in [2.45, 2.75) is 18.6 Å². The summed E-state index contributed by atoms with van der Waals surface area (Å²) in [6.45, 7) is 0.206. The lowest BCUT2D eigenvalue weighted by Crippen LogP contribution is -2.31. The van der Waals surface area contributed by atoms with Crippen LogP contribution in [0.4, 0.5) is 23.7 Å². The van der Waals surface area contributed by atoms with Crippen molar-refractivity contribution in [2.24, 2.45) is 5.10 Å². The number of imidazole rings is 1. The molecule has 2 aliphatic heterocycles. The number of carbonyl (C=O) groups excluding carboxylic acids is 1. The number of aliphatic carboxylic acids is 1. The molecule has 0 spiro atoms. The maximum Gasteiger partial charge on any atom is 0.490 e. The van der Waals surface area contributed by atoms with Gasteiger partial charge in [-0.2, -0.15) is 23.4 Å². The molecule has 4 aromatic rings. The number of aromatic nitrogens is 3. The number of amides is 2. The predicted octanol–water partition coefficient (Wildman–Crippen LogP) is 4.46. The van der Waals surface area contributed by atoms with Crippen molar-refractivity contribution in [3.63, 3.8) is 0 Å². The summed E-state index contributed by atoms with van der Waals surface area (Å²) in [6, 6.07) is 16.2. The van der Waals surface area contributed by atoms with E-state index in [1.807, 2.05) is 54.6 Å². The molecule has 208 valence electrons. The smallest absolute Gasteiger partial charge is 0.475 e. The van der Waals surface area contributed by atoms with E-state index in [1.54, 1.807) is 23.1 Å². The Morgan fingerprint density at radius 2 is 1.85 bits per heavy atom. The number of carboxylic acids is 1. The summed E-state index contributed by atoms with van der Waals surface area (Å²) in [7, 11) is 0. The summed E-state index contributed by atoms with van der Waals surface area (Å²) in [6.07, 6.45) is 0.642. The fourth-order valence-corrected chi connectivity index (χ4v) is 3.91. The highest BCUT2D eigenvalue weighted by Crippen LogP contribution is 2.37. The van der Waals surface area contributed by atoms with E-state index >= 15 is 0 Å². The van der Waals surface area contributed by atoms with Gasteiger partial charge in [0.15, 0.2) is 17.1 Å². The summed E-state index contributed by atoms with van der Waals surface area (Å²) in [5, 5.41) is 20.0. The van der Waals surface area contributed by atoms with Crippen LogP contribution in [0.15, 0.2) is 72.1 Å². The van der Waals surface area contributed by atoms with E-state index in [4.69, 9.17) is 19.4 Å². The third-order valence-corrected chi connectivity index (χ3v) is 5.79. The molecule has 2 N–H and O–H groups in total. The fourth-order valence-electron chi connectivity index (χ4n) is 3.91. The zero-order valence-corrected chi connectivity index (χ0v) is 20.9. The van der Waals surface area contributed by atoms with E-state index < -0.39 is 12.1 Å². The van der Waals surface area contributed by atoms with Gasteiger partial charge in [0, 0.05) is 30.1 Å². The Morgan fingerprint density at radius 3 is 2.66 bits per heavy atom. The van der Waals surface area contributed by atoms with Crippen LogP contribution < -0.4 is 14.8 Å². The van der Waals surface area contributed by atoms with Crippen molar-refractivity contribution in [2.75, 3.05) is 12.1 Å². The maximum absolute atomic E-state index is 13.0. The number of hydrogen-bond acceptors (Lipinski definition) is 7. The monoisotopic (exact) mass is 564 g/mol. The number of rotatable bonds is 2. The van der Waals surface area contributed by atoms with Gasteiger partial charge in [-0.05, 0) is 53.9 Å². The van der Waals surface area contributed by atoms with Crippen molar-refractivity contribution in [1.82, 2.24) is 19.6 Å². The van der Waals surface area contributed by atoms with Gasteiger partial charge in [-0.15, -0.1) is 0 Å². The summed E-state index contributed by atoms with van der Waals surface area (Å²) in [4.78, 5) is 26.2.